The zero-order chi connectivity index (χ0) is 21.8. The van der Waals surface area contributed by atoms with Gasteiger partial charge in [0.15, 0.2) is 0 Å². The van der Waals surface area contributed by atoms with Gasteiger partial charge in [-0.2, -0.15) is 13.2 Å². The quantitative estimate of drug-likeness (QED) is 0.679. The number of amides is 1. The highest BCUT2D eigenvalue weighted by atomic mass is 19.4. The fourth-order valence-electron chi connectivity index (χ4n) is 4.60. The van der Waals surface area contributed by atoms with Crippen molar-refractivity contribution in [3.63, 3.8) is 0 Å². The van der Waals surface area contributed by atoms with Crippen molar-refractivity contribution in [2.24, 2.45) is 5.92 Å². The number of nitrogens with zero attached hydrogens (tertiary/aromatic N) is 4. The van der Waals surface area contributed by atoms with E-state index in [2.05, 4.69) is 15.0 Å². The molecule has 1 saturated heterocycles. The van der Waals surface area contributed by atoms with Crippen LogP contribution in [0.1, 0.15) is 34.0 Å². The van der Waals surface area contributed by atoms with Crippen molar-refractivity contribution in [1.29, 1.82) is 0 Å². The third-order valence-corrected chi connectivity index (χ3v) is 5.96. The Morgan fingerprint density at radius 3 is 2.74 bits per heavy atom. The highest BCUT2D eigenvalue weighted by Gasteiger charge is 2.38. The predicted molar refractivity (Wildman–Crippen MR) is 104 cm³/mol. The van der Waals surface area contributed by atoms with Crippen LogP contribution in [-0.4, -0.2) is 43.4 Å². The summed E-state index contributed by atoms with van der Waals surface area (Å²) < 4.78 is 40.7. The van der Waals surface area contributed by atoms with Crippen LogP contribution in [0.5, 0.6) is 0 Å². The van der Waals surface area contributed by atoms with E-state index in [0.717, 1.165) is 24.4 Å². The summed E-state index contributed by atoms with van der Waals surface area (Å²) in [4.78, 5) is 38.2. The summed E-state index contributed by atoms with van der Waals surface area (Å²) in [5.41, 5.74) is 0.148. The van der Waals surface area contributed by atoms with Crippen molar-refractivity contribution < 1.29 is 18.0 Å². The van der Waals surface area contributed by atoms with Crippen LogP contribution in [0.4, 0.5) is 13.2 Å². The minimum absolute atomic E-state index is 0.0403. The SMILES string of the molecule is O=C(c1cncc(C(F)(F)F)c1)N1C[C@@H]2C[C@H](C1)c1ccc(-c3ncc[nH]3)c(=O)n1C2. The molecule has 0 unspecified atom stereocenters. The van der Waals surface area contributed by atoms with E-state index in [1.165, 1.54) is 0 Å². The first kappa shape index (κ1) is 19.5. The number of pyridine rings is 2. The minimum atomic E-state index is -4.56. The molecule has 5 heterocycles. The van der Waals surface area contributed by atoms with Gasteiger partial charge < -0.3 is 14.5 Å². The van der Waals surface area contributed by atoms with Gasteiger partial charge >= 0.3 is 6.18 Å². The smallest absolute Gasteiger partial charge is 0.344 e. The maximum atomic E-state index is 13.0. The van der Waals surface area contributed by atoms with Crippen LogP contribution in [0.25, 0.3) is 11.4 Å². The van der Waals surface area contributed by atoms with Gasteiger partial charge in [0.05, 0.1) is 16.7 Å². The van der Waals surface area contributed by atoms with Gasteiger partial charge in [-0.15, -0.1) is 0 Å². The lowest BCUT2D eigenvalue weighted by Crippen LogP contribution is -2.49. The molecule has 10 heteroatoms. The van der Waals surface area contributed by atoms with Crippen molar-refractivity contribution in [1.82, 2.24) is 24.4 Å². The van der Waals surface area contributed by atoms with Crippen LogP contribution in [0.15, 0.2) is 47.8 Å². The zero-order valence-corrected chi connectivity index (χ0v) is 16.3. The highest BCUT2D eigenvalue weighted by Crippen LogP contribution is 2.36. The van der Waals surface area contributed by atoms with Gasteiger partial charge in [0.25, 0.3) is 11.5 Å². The van der Waals surface area contributed by atoms with Crippen LogP contribution >= 0.6 is 0 Å². The van der Waals surface area contributed by atoms with Crippen LogP contribution in [0.2, 0.25) is 0 Å². The molecular formula is C21H18F3N5O2. The van der Waals surface area contributed by atoms with Gasteiger partial charge in [0.2, 0.25) is 0 Å². The molecule has 1 N–H and O–H groups in total. The largest absolute Gasteiger partial charge is 0.417 e. The number of piperidine rings is 1. The Labute approximate surface area is 174 Å². The number of hydrogen-bond donors (Lipinski definition) is 1. The Morgan fingerprint density at radius 1 is 1.16 bits per heavy atom. The lowest BCUT2D eigenvalue weighted by molar-refractivity contribution is -0.137. The van der Waals surface area contributed by atoms with Crippen LogP contribution in [-0.2, 0) is 12.7 Å². The first-order chi connectivity index (χ1) is 14.8. The number of H-pyrrole nitrogens is 1. The van der Waals surface area contributed by atoms with Crippen LogP contribution in [0.3, 0.4) is 0 Å². The standard InChI is InChI=1S/C21H18F3N5O2/c22-21(23,24)15-6-13(7-25-8-15)19(30)28-9-12-5-14(11-28)17-2-1-16(18-26-3-4-27-18)20(31)29(17)10-12/h1-4,6-8,12,14H,5,9-11H2,(H,26,27)/t12-,14+/m0/s1. The summed E-state index contributed by atoms with van der Waals surface area (Å²) in [6.45, 7) is 1.16. The second kappa shape index (κ2) is 7.07. The molecule has 31 heavy (non-hydrogen) atoms. The Bertz CT molecular complexity index is 1200. The van der Waals surface area contributed by atoms with E-state index in [4.69, 9.17) is 0 Å². The average molecular weight is 429 g/mol. The summed E-state index contributed by atoms with van der Waals surface area (Å²) in [5, 5.41) is 0. The fraction of sp³-hybridized carbons (Fsp3) is 0.333. The normalized spacial score (nSPS) is 20.4. The average Bonchev–Trinajstić information content (AvgIpc) is 3.28. The number of likely N-dealkylation sites (tertiary alicyclic amines) is 1. The maximum Gasteiger partial charge on any atom is 0.417 e. The molecule has 2 aliphatic heterocycles. The molecule has 160 valence electrons. The third kappa shape index (κ3) is 3.41. The summed E-state index contributed by atoms with van der Waals surface area (Å²) >= 11 is 0. The van der Waals surface area contributed by atoms with Gasteiger partial charge in [0.1, 0.15) is 5.82 Å². The highest BCUT2D eigenvalue weighted by molar-refractivity contribution is 5.94. The summed E-state index contributed by atoms with van der Waals surface area (Å²) in [5.74, 6) is 0.00764. The Kier molecular flexibility index (Phi) is 4.45. The molecule has 0 spiro atoms. The van der Waals surface area contributed by atoms with Crippen molar-refractivity contribution in [2.75, 3.05) is 13.1 Å². The number of aromatic nitrogens is 4. The number of carbonyl (C=O) groups is 1. The topological polar surface area (TPSA) is 83.9 Å². The molecule has 2 bridgehead atoms. The fourth-order valence-corrected chi connectivity index (χ4v) is 4.60. The molecule has 7 nitrogen and oxygen atoms in total. The van der Waals surface area contributed by atoms with Gasteiger partial charge in [-0.3, -0.25) is 14.6 Å². The van der Waals surface area contributed by atoms with Gasteiger partial charge in [-0.05, 0) is 30.5 Å². The predicted octanol–water partition coefficient (Wildman–Crippen LogP) is 2.91. The molecule has 5 rings (SSSR count). The number of halogens is 3. The molecule has 3 aromatic rings. The number of hydrogen-bond acceptors (Lipinski definition) is 4. The molecule has 3 aromatic heterocycles. The first-order valence-corrected chi connectivity index (χ1v) is 9.86. The number of fused-ring (bicyclic) bond motifs is 4. The number of imidazole rings is 1. The Morgan fingerprint density at radius 2 is 2.00 bits per heavy atom. The van der Waals surface area contributed by atoms with E-state index in [0.29, 0.717) is 37.2 Å². The lowest BCUT2D eigenvalue weighted by Gasteiger charge is -2.42. The number of aromatic amines is 1. The number of carbonyl (C=O) groups excluding carboxylic acids is 1. The lowest BCUT2D eigenvalue weighted by atomic mass is 9.82. The van der Waals surface area contributed by atoms with Crippen molar-refractivity contribution in [3.05, 3.63) is 70.2 Å². The van der Waals surface area contributed by atoms with E-state index >= 15 is 0 Å². The summed E-state index contributed by atoms with van der Waals surface area (Å²) in [6.07, 6.45) is 1.37. The van der Waals surface area contributed by atoms with Crippen LogP contribution < -0.4 is 5.56 Å². The van der Waals surface area contributed by atoms with Crippen molar-refractivity contribution >= 4 is 5.91 Å². The molecule has 1 fully saturated rings. The van der Waals surface area contributed by atoms with Gasteiger partial charge in [-0.1, -0.05) is 0 Å². The first-order valence-electron chi connectivity index (χ1n) is 9.86. The van der Waals surface area contributed by atoms with E-state index in [1.54, 1.807) is 27.9 Å². The number of alkyl halides is 3. The van der Waals surface area contributed by atoms with E-state index in [9.17, 15) is 22.8 Å². The van der Waals surface area contributed by atoms with Crippen LogP contribution in [0, 0.1) is 5.92 Å². The summed E-state index contributed by atoms with van der Waals surface area (Å²) in [7, 11) is 0. The van der Waals surface area contributed by atoms with Crippen molar-refractivity contribution in [2.45, 2.75) is 25.1 Å². The molecule has 0 saturated carbocycles. The molecular weight excluding hydrogens is 411 g/mol. The van der Waals surface area contributed by atoms with Crippen molar-refractivity contribution in [3.8, 4) is 11.4 Å². The monoisotopic (exact) mass is 429 g/mol. The number of rotatable bonds is 2. The number of nitrogens with one attached hydrogen (secondary N) is 1. The van der Waals surface area contributed by atoms with E-state index < -0.39 is 17.6 Å². The molecule has 2 atom stereocenters. The molecule has 0 radical (unpaired) electrons. The third-order valence-electron chi connectivity index (χ3n) is 5.96. The van der Waals surface area contributed by atoms with E-state index in [1.807, 2.05) is 6.07 Å². The maximum absolute atomic E-state index is 13.0. The second-order valence-corrected chi connectivity index (χ2v) is 7.99. The molecule has 1 amide bonds. The second-order valence-electron chi connectivity index (χ2n) is 7.99. The Hall–Kier alpha value is -3.43. The van der Waals surface area contributed by atoms with Gasteiger partial charge in [-0.25, -0.2) is 4.98 Å². The van der Waals surface area contributed by atoms with Gasteiger partial charge in [0, 0.05) is 56.0 Å². The summed E-state index contributed by atoms with van der Waals surface area (Å²) in [6, 6.07) is 4.44. The zero-order valence-electron chi connectivity index (χ0n) is 16.3. The molecule has 0 aliphatic carbocycles. The van der Waals surface area contributed by atoms with E-state index in [-0.39, 0.29) is 23.0 Å². The molecule has 2 aliphatic rings. The Balaban J connectivity index is 1.43. The minimum Gasteiger partial charge on any atom is -0.344 e. The molecule has 0 aromatic carbocycles.